The normalized spacial score (nSPS) is 18.3. The standard InChI is InChI=1S/C18H24F3N3O3/c1-12-10-13(5-6-15(12)18(19,20)21)22-17(27)24-8-3-4-14(7-9-24)23(2)11-16(25)26/h5-6,10,14H,3-4,7-9,11H2,1-2H3,(H,22,27)(H,25,26). The number of carboxylic acids is 1. The number of anilines is 1. The van der Waals surface area contributed by atoms with Gasteiger partial charge >= 0.3 is 18.2 Å². The highest BCUT2D eigenvalue weighted by Crippen LogP contribution is 2.33. The van der Waals surface area contributed by atoms with Gasteiger partial charge in [-0.25, -0.2) is 4.79 Å². The average Bonchev–Trinajstić information content (AvgIpc) is 2.79. The highest BCUT2D eigenvalue weighted by atomic mass is 19.4. The molecule has 1 unspecified atom stereocenters. The van der Waals surface area contributed by atoms with Gasteiger partial charge in [-0.3, -0.25) is 9.69 Å². The second-order valence-electron chi connectivity index (χ2n) is 6.84. The number of likely N-dealkylation sites (N-methyl/N-ethyl adjacent to an activating group) is 1. The predicted octanol–water partition coefficient (Wildman–Crippen LogP) is 3.42. The van der Waals surface area contributed by atoms with Crippen molar-refractivity contribution in [3.05, 3.63) is 29.3 Å². The minimum Gasteiger partial charge on any atom is -0.480 e. The number of carboxylic acid groups (broad SMARTS) is 1. The Balaban J connectivity index is 1.96. The highest BCUT2D eigenvalue weighted by molar-refractivity contribution is 5.89. The number of nitrogens with one attached hydrogen (secondary N) is 1. The first-order valence-corrected chi connectivity index (χ1v) is 8.73. The van der Waals surface area contributed by atoms with Crippen LogP contribution in [0.4, 0.5) is 23.7 Å². The third kappa shape index (κ3) is 5.85. The van der Waals surface area contributed by atoms with E-state index in [-0.39, 0.29) is 24.2 Å². The van der Waals surface area contributed by atoms with Gasteiger partial charge in [0.1, 0.15) is 0 Å². The van der Waals surface area contributed by atoms with Gasteiger partial charge in [-0.1, -0.05) is 0 Å². The number of hydrogen-bond acceptors (Lipinski definition) is 3. The number of amides is 2. The summed E-state index contributed by atoms with van der Waals surface area (Å²) >= 11 is 0. The molecule has 2 rings (SSSR count). The molecule has 1 aliphatic heterocycles. The zero-order valence-corrected chi connectivity index (χ0v) is 15.3. The van der Waals surface area contributed by atoms with Gasteiger partial charge in [-0.2, -0.15) is 13.2 Å². The smallest absolute Gasteiger partial charge is 0.416 e. The molecule has 150 valence electrons. The summed E-state index contributed by atoms with van der Waals surface area (Å²) in [5, 5.41) is 11.5. The van der Waals surface area contributed by atoms with Crippen LogP contribution in [0.1, 0.15) is 30.4 Å². The van der Waals surface area contributed by atoms with Crippen molar-refractivity contribution < 1.29 is 27.9 Å². The molecule has 1 atom stereocenters. The van der Waals surface area contributed by atoms with Gasteiger partial charge in [0.15, 0.2) is 0 Å². The Hall–Kier alpha value is -2.29. The summed E-state index contributed by atoms with van der Waals surface area (Å²) in [6.07, 6.45) is -2.27. The zero-order valence-electron chi connectivity index (χ0n) is 15.3. The van der Waals surface area contributed by atoms with Crippen molar-refractivity contribution in [2.45, 2.75) is 38.4 Å². The number of alkyl halides is 3. The fraction of sp³-hybridized carbons (Fsp3) is 0.556. The number of carbonyl (C=O) groups excluding carboxylic acids is 1. The molecule has 2 amide bonds. The Morgan fingerprint density at radius 2 is 2.00 bits per heavy atom. The van der Waals surface area contributed by atoms with Crippen LogP contribution in [0.15, 0.2) is 18.2 Å². The first-order chi connectivity index (χ1) is 12.6. The van der Waals surface area contributed by atoms with Crippen LogP contribution in [0.2, 0.25) is 0 Å². The van der Waals surface area contributed by atoms with Crippen molar-refractivity contribution in [3.63, 3.8) is 0 Å². The van der Waals surface area contributed by atoms with Gasteiger partial charge in [-0.05, 0) is 57.0 Å². The van der Waals surface area contributed by atoms with Crippen molar-refractivity contribution in [1.82, 2.24) is 9.80 Å². The third-order valence-corrected chi connectivity index (χ3v) is 4.78. The van der Waals surface area contributed by atoms with Crippen LogP contribution in [0.3, 0.4) is 0 Å². The van der Waals surface area contributed by atoms with Crippen molar-refractivity contribution in [2.24, 2.45) is 0 Å². The topological polar surface area (TPSA) is 72.9 Å². The van der Waals surface area contributed by atoms with Crippen LogP contribution < -0.4 is 5.32 Å². The number of rotatable bonds is 4. The number of urea groups is 1. The number of aryl methyl sites for hydroxylation is 1. The van der Waals surface area contributed by atoms with Crippen molar-refractivity contribution in [3.8, 4) is 0 Å². The monoisotopic (exact) mass is 387 g/mol. The van der Waals surface area contributed by atoms with Gasteiger partial charge < -0.3 is 15.3 Å². The van der Waals surface area contributed by atoms with Crippen LogP contribution in [-0.4, -0.2) is 59.6 Å². The van der Waals surface area contributed by atoms with E-state index >= 15 is 0 Å². The maximum Gasteiger partial charge on any atom is 0.416 e. The lowest BCUT2D eigenvalue weighted by Crippen LogP contribution is -2.38. The summed E-state index contributed by atoms with van der Waals surface area (Å²) < 4.78 is 38.5. The van der Waals surface area contributed by atoms with Gasteiger partial charge in [0.2, 0.25) is 0 Å². The van der Waals surface area contributed by atoms with E-state index in [1.165, 1.54) is 19.1 Å². The summed E-state index contributed by atoms with van der Waals surface area (Å²) in [6.45, 7) is 2.28. The zero-order chi connectivity index (χ0) is 20.2. The molecule has 0 aliphatic carbocycles. The number of hydrogen-bond donors (Lipinski definition) is 2. The van der Waals surface area contributed by atoms with E-state index in [4.69, 9.17) is 5.11 Å². The van der Waals surface area contributed by atoms with Crippen molar-refractivity contribution in [2.75, 3.05) is 32.0 Å². The van der Waals surface area contributed by atoms with Gasteiger partial charge in [0, 0.05) is 24.8 Å². The molecular weight excluding hydrogens is 363 g/mol. The van der Waals surface area contributed by atoms with Crippen molar-refractivity contribution >= 4 is 17.7 Å². The number of carbonyl (C=O) groups is 2. The van der Waals surface area contributed by atoms with E-state index < -0.39 is 17.7 Å². The van der Waals surface area contributed by atoms with E-state index in [9.17, 15) is 22.8 Å². The van der Waals surface area contributed by atoms with E-state index in [0.717, 1.165) is 18.9 Å². The molecule has 0 aromatic heterocycles. The predicted molar refractivity (Wildman–Crippen MR) is 94.7 cm³/mol. The number of halogens is 3. The Morgan fingerprint density at radius 1 is 1.30 bits per heavy atom. The highest BCUT2D eigenvalue weighted by Gasteiger charge is 2.32. The molecule has 1 saturated heterocycles. The number of nitrogens with zero attached hydrogens (tertiary/aromatic N) is 2. The average molecular weight is 387 g/mol. The van der Waals surface area contributed by atoms with Crippen LogP contribution in [0, 0.1) is 6.92 Å². The second-order valence-corrected chi connectivity index (χ2v) is 6.84. The molecule has 6 nitrogen and oxygen atoms in total. The summed E-state index contributed by atoms with van der Waals surface area (Å²) in [4.78, 5) is 26.7. The minimum absolute atomic E-state index is 0.0477. The van der Waals surface area contributed by atoms with Gasteiger partial charge in [-0.15, -0.1) is 0 Å². The largest absolute Gasteiger partial charge is 0.480 e. The number of benzene rings is 1. The molecule has 1 fully saturated rings. The molecule has 0 spiro atoms. The fourth-order valence-electron chi connectivity index (χ4n) is 3.33. The first kappa shape index (κ1) is 21.0. The molecule has 0 radical (unpaired) electrons. The summed E-state index contributed by atoms with van der Waals surface area (Å²) in [6, 6.07) is 3.23. The van der Waals surface area contributed by atoms with Crippen LogP contribution >= 0.6 is 0 Å². The molecule has 27 heavy (non-hydrogen) atoms. The Labute approximate surface area is 155 Å². The Morgan fingerprint density at radius 3 is 2.59 bits per heavy atom. The minimum atomic E-state index is -4.42. The maximum atomic E-state index is 12.8. The molecule has 1 aromatic carbocycles. The van der Waals surface area contributed by atoms with Crippen molar-refractivity contribution in [1.29, 1.82) is 0 Å². The summed E-state index contributed by atoms with van der Waals surface area (Å²) in [7, 11) is 1.75. The second kappa shape index (κ2) is 8.60. The van der Waals surface area contributed by atoms with E-state index in [1.54, 1.807) is 16.8 Å². The molecule has 2 N–H and O–H groups in total. The molecule has 0 saturated carbocycles. The molecular formula is C18H24F3N3O3. The molecule has 1 aliphatic rings. The summed E-state index contributed by atoms with van der Waals surface area (Å²) in [5.74, 6) is -0.894. The molecule has 0 bridgehead atoms. The van der Waals surface area contributed by atoms with E-state index in [0.29, 0.717) is 25.2 Å². The first-order valence-electron chi connectivity index (χ1n) is 8.73. The third-order valence-electron chi connectivity index (χ3n) is 4.78. The van der Waals surface area contributed by atoms with Crippen LogP contribution in [0.25, 0.3) is 0 Å². The Bertz CT molecular complexity index is 694. The fourth-order valence-corrected chi connectivity index (χ4v) is 3.33. The number of likely N-dealkylation sites (tertiary alicyclic amines) is 1. The van der Waals surface area contributed by atoms with E-state index in [1.807, 2.05) is 0 Å². The van der Waals surface area contributed by atoms with Gasteiger partial charge in [0.25, 0.3) is 0 Å². The SMILES string of the molecule is Cc1cc(NC(=O)N2CCCC(N(C)CC(=O)O)CC2)ccc1C(F)(F)F. The quantitative estimate of drug-likeness (QED) is 0.830. The van der Waals surface area contributed by atoms with Crippen LogP contribution in [0.5, 0.6) is 0 Å². The van der Waals surface area contributed by atoms with E-state index in [2.05, 4.69) is 5.32 Å². The number of aliphatic carboxylic acids is 1. The lowest BCUT2D eigenvalue weighted by Gasteiger charge is -2.25. The maximum absolute atomic E-state index is 12.8. The van der Waals surface area contributed by atoms with Gasteiger partial charge in [0.05, 0.1) is 12.1 Å². The molecule has 1 aromatic rings. The van der Waals surface area contributed by atoms with Crippen LogP contribution in [-0.2, 0) is 11.0 Å². The Kier molecular flexibility index (Phi) is 6.69. The molecule has 1 heterocycles. The lowest BCUT2D eigenvalue weighted by atomic mass is 10.1. The lowest BCUT2D eigenvalue weighted by molar-refractivity contribution is -0.139. The summed E-state index contributed by atoms with van der Waals surface area (Å²) in [5.41, 5.74) is -0.361. The molecule has 9 heteroatoms.